The van der Waals surface area contributed by atoms with Crippen molar-refractivity contribution in [1.82, 2.24) is 12.9 Å². The summed E-state index contributed by atoms with van der Waals surface area (Å²) in [4.78, 5) is 0.324. The quantitative estimate of drug-likeness (QED) is 0.382. The van der Waals surface area contributed by atoms with E-state index in [1.54, 1.807) is 80.3 Å². The van der Waals surface area contributed by atoms with Crippen molar-refractivity contribution in [2.24, 2.45) is 0 Å². The van der Waals surface area contributed by atoms with Crippen LogP contribution in [0.15, 0.2) is 64.9 Å². The Bertz CT molecular complexity index is 2000. The molecule has 3 aromatic rings. The summed E-state index contributed by atoms with van der Waals surface area (Å²) >= 11 is 0. The molecule has 44 heavy (non-hydrogen) atoms. The van der Waals surface area contributed by atoms with Crippen molar-refractivity contribution in [3.05, 3.63) is 131 Å². The largest absolute Gasteiger partial charge is 0.243 e. The van der Waals surface area contributed by atoms with Gasteiger partial charge in [0.05, 0.1) is 9.79 Å². The van der Waals surface area contributed by atoms with Gasteiger partial charge in [-0.1, -0.05) is 42.5 Å². The number of fused-ring (bicyclic) bond motifs is 6. The van der Waals surface area contributed by atoms with Gasteiger partial charge in [-0.2, -0.15) is 12.9 Å². The van der Waals surface area contributed by atoms with Crippen LogP contribution < -0.4 is 0 Å². The highest BCUT2D eigenvalue weighted by atomic mass is 32.2. The summed E-state index contributed by atoms with van der Waals surface area (Å²) in [5, 5.41) is 0.189. The van der Waals surface area contributed by atoms with Gasteiger partial charge in [0, 0.05) is 39.3 Å². The summed E-state index contributed by atoms with van der Waals surface area (Å²) in [6, 6.07) is 13.2. The third-order valence-corrected chi connectivity index (χ3v) is 14.3. The lowest BCUT2D eigenvalue weighted by Gasteiger charge is -2.19. The number of rotatable bonds is 7. The Hall–Kier alpha value is -2.87. The van der Waals surface area contributed by atoms with Crippen LogP contribution in [0.25, 0.3) is 6.08 Å². The van der Waals surface area contributed by atoms with E-state index in [1.807, 2.05) is 6.92 Å². The zero-order chi connectivity index (χ0) is 31.0. The minimum Gasteiger partial charge on any atom is -0.212 e. The first-order chi connectivity index (χ1) is 20.9. The van der Waals surface area contributed by atoms with Gasteiger partial charge in [-0.3, -0.25) is 0 Å². The summed E-state index contributed by atoms with van der Waals surface area (Å²) in [6.45, 7) is 6.11. The molecule has 0 amide bonds. The monoisotopic (exact) mass is 648 g/mol. The Kier molecular flexibility index (Phi) is 7.18. The highest BCUT2D eigenvalue weighted by Gasteiger charge is 2.45. The van der Waals surface area contributed by atoms with Crippen LogP contribution in [0, 0.1) is 37.9 Å². The van der Waals surface area contributed by atoms with Crippen LogP contribution >= 0.6 is 0 Å². The zero-order valence-corrected chi connectivity index (χ0v) is 26.4. The van der Waals surface area contributed by atoms with E-state index in [9.17, 15) is 25.3 Å². The first-order valence-corrected chi connectivity index (χ1v) is 18.4. The summed E-state index contributed by atoms with van der Waals surface area (Å²) in [5.74, 6) is 0. The van der Waals surface area contributed by atoms with Crippen molar-refractivity contribution in [2.75, 3.05) is 0 Å². The molecule has 0 bridgehead atoms. The average molecular weight is 649 g/mol. The predicted octanol–water partition coefficient (Wildman–Crippen LogP) is 4.06. The first-order valence-electron chi connectivity index (χ1n) is 14.1. The lowest BCUT2D eigenvalue weighted by molar-refractivity contribution is 0.422. The van der Waals surface area contributed by atoms with E-state index in [0.717, 1.165) is 44.5 Å². The second kappa shape index (κ2) is 10.6. The fourth-order valence-corrected chi connectivity index (χ4v) is 10.6. The SMILES string of the molecule is C=Cc1ccc(S(=O)(=O)N2Cc3c4c(c5c(c3C2)CN(S(=O)(=O)c2ccc(C)cc2)C5)CN(S(=O)(=O)[C]2[CH][CH][CH][CH]2)C4)cc1. The van der Waals surface area contributed by atoms with Crippen molar-refractivity contribution < 1.29 is 25.3 Å². The molecule has 3 aromatic carbocycles. The molecule has 0 spiro atoms. The molecule has 3 aliphatic heterocycles. The molecule has 227 valence electrons. The van der Waals surface area contributed by atoms with Crippen molar-refractivity contribution in [2.45, 2.75) is 56.0 Å². The van der Waals surface area contributed by atoms with Crippen LogP contribution in [0.5, 0.6) is 0 Å². The number of hydrogen-bond donors (Lipinski definition) is 0. The molecule has 12 heteroatoms. The van der Waals surface area contributed by atoms with E-state index in [4.69, 9.17) is 0 Å². The Labute approximate surface area is 260 Å². The Balaban J connectivity index is 1.29. The summed E-state index contributed by atoms with van der Waals surface area (Å²) in [5.41, 5.74) is 6.33. The van der Waals surface area contributed by atoms with Gasteiger partial charge in [0.15, 0.2) is 0 Å². The van der Waals surface area contributed by atoms with E-state index in [2.05, 4.69) is 6.58 Å². The van der Waals surface area contributed by atoms with Gasteiger partial charge >= 0.3 is 0 Å². The van der Waals surface area contributed by atoms with Gasteiger partial charge < -0.3 is 0 Å². The Morgan fingerprint density at radius 1 is 0.545 bits per heavy atom. The van der Waals surface area contributed by atoms with Gasteiger partial charge in [0.1, 0.15) is 5.25 Å². The second-order valence-electron chi connectivity index (χ2n) is 11.4. The van der Waals surface area contributed by atoms with Crippen molar-refractivity contribution in [1.29, 1.82) is 0 Å². The van der Waals surface area contributed by atoms with Crippen LogP contribution in [0.1, 0.15) is 44.5 Å². The molecule has 1 saturated carbocycles. The minimum absolute atomic E-state index is 0.0739. The van der Waals surface area contributed by atoms with Crippen LogP contribution in [-0.4, -0.2) is 38.2 Å². The third kappa shape index (κ3) is 4.69. The lowest BCUT2D eigenvalue weighted by Crippen LogP contribution is -2.30. The summed E-state index contributed by atoms with van der Waals surface area (Å²) in [7, 11) is -11.6. The summed E-state index contributed by atoms with van der Waals surface area (Å²) < 4.78 is 86.5. The molecule has 7 rings (SSSR count). The van der Waals surface area contributed by atoms with E-state index in [0.29, 0.717) is 0 Å². The second-order valence-corrected chi connectivity index (χ2v) is 17.2. The molecule has 5 radical (unpaired) electrons. The van der Waals surface area contributed by atoms with Crippen LogP contribution in [0.4, 0.5) is 0 Å². The van der Waals surface area contributed by atoms with E-state index in [1.165, 1.54) is 12.9 Å². The molecular weight excluding hydrogens is 619 g/mol. The molecule has 1 aliphatic carbocycles. The fraction of sp³-hybridized carbons (Fsp3) is 0.219. The van der Waals surface area contributed by atoms with Gasteiger partial charge in [0.25, 0.3) is 0 Å². The standard InChI is InChI=1S/C32H30N3O6S3/c1-3-23-10-14-26(15-11-23)44(40,41)35-20-31-28-17-33(42(36,37)24-6-4-5-7-24)16-27(28)29-18-34(19-30(29)32(31)21-35)43(38,39)25-12-8-22(2)9-13-25/h3-15H,1,16-21H2,2H3. The Morgan fingerprint density at radius 3 is 1.25 bits per heavy atom. The van der Waals surface area contributed by atoms with E-state index < -0.39 is 30.1 Å². The molecule has 0 atom stereocenters. The smallest absolute Gasteiger partial charge is 0.212 e. The number of aryl methyl sites for hydroxylation is 1. The number of nitrogens with zero attached hydrogens (tertiary/aromatic N) is 3. The van der Waals surface area contributed by atoms with Crippen LogP contribution in [0.3, 0.4) is 0 Å². The summed E-state index contributed by atoms with van der Waals surface area (Å²) in [6.07, 6.45) is 8.08. The molecule has 1 fully saturated rings. The number of sulfonamides is 3. The molecule has 9 nitrogen and oxygen atoms in total. The van der Waals surface area contributed by atoms with Crippen LogP contribution in [-0.2, 0) is 69.3 Å². The van der Waals surface area contributed by atoms with Gasteiger partial charge in [-0.05, 0) is 95.8 Å². The normalized spacial score (nSPS) is 19.8. The predicted molar refractivity (Wildman–Crippen MR) is 166 cm³/mol. The minimum atomic E-state index is -3.90. The van der Waals surface area contributed by atoms with Crippen molar-refractivity contribution >= 4 is 36.1 Å². The molecule has 0 unspecified atom stereocenters. The lowest BCUT2D eigenvalue weighted by atomic mass is 9.90. The molecule has 0 saturated heterocycles. The molecule has 3 heterocycles. The third-order valence-electron chi connectivity index (χ3n) is 8.87. The number of benzene rings is 3. The first kappa shape index (κ1) is 29.8. The van der Waals surface area contributed by atoms with Crippen molar-refractivity contribution in [3.8, 4) is 0 Å². The maximum Gasteiger partial charge on any atom is 0.243 e. The highest BCUT2D eigenvalue weighted by Crippen LogP contribution is 2.46. The average Bonchev–Trinajstić information content (AvgIpc) is 3.82. The maximum absolute atomic E-state index is 13.8. The molecule has 0 aromatic heterocycles. The van der Waals surface area contributed by atoms with Gasteiger partial charge in [-0.25, -0.2) is 25.3 Å². The highest BCUT2D eigenvalue weighted by molar-refractivity contribution is 7.92. The van der Waals surface area contributed by atoms with Crippen LogP contribution in [0.2, 0.25) is 0 Å². The Morgan fingerprint density at radius 2 is 0.886 bits per heavy atom. The molecular formula is C32H30N3O6S3. The molecule has 0 N–H and O–H groups in total. The molecule has 4 aliphatic rings. The van der Waals surface area contributed by atoms with Gasteiger partial charge in [0.2, 0.25) is 30.1 Å². The maximum atomic E-state index is 13.8. The van der Waals surface area contributed by atoms with Crippen molar-refractivity contribution in [3.63, 3.8) is 0 Å². The topological polar surface area (TPSA) is 112 Å². The number of hydrogen-bond acceptors (Lipinski definition) is 6. The fourth-order valence-electron chi connectivity index (χ4n) is 6.44. The van der Waals surface area contributed by atoms with Gasteiger partial charge in [-0.15, -0.1) is 0 Å². The van der Waals surface area contributed by atoms with E-state index in [-0.39, 0.29) is 54.3 Å². The zero-order valence-electron chi connectivity index (χ0n) is 24.0. The van der Waals surface area contributed by atoms with E-state index >= 15 is 0 Å².